The Morgan fingerprint density at radius 1 is 1.05 bits per heavy atom. The molecule has 2 aromatic rings. The summed E-state index contributed by atoms with van der Waals surface area (Å²) < 4.78 is 5.41. The number of nitrogens with one attached hydrogen (secondary N) is 2. The summed E-state index contributed by atoms with van der Waals surface area (Å²) in [5.74, 6) is 0.858. The van der Waals surface area contributed by atoms with Gasteiger partial charge in [0.25, 0.3) is 0 Å². The topological polar surface area (TPSA) is 33.3 Å². The molecule has 0 radical (unpaired) electrons. The largest absolute Gasteiger partial charge is 0.494 e. The third-order valence-corrected chi connectivity index (χ3v) is 3.27. The Bertz CT molecular complexity index is 623. The van der Waals surface area contributed by atoms with Crippen LogP contribution in [0.4, 0.5) is 11.4 Å². The highest BCUT2D eigenvalue weighted by Crippen LogP contribution is 2.18. The third kappa shape index (κ3) is 4.46. The Kier molecular flexibility index (Phi) is 5.17. The second kappa shape index (κ2) is 7.09. The van der Waals surface area contributed by atoms with Gasteiger partial charge < -0.3 is 15.4 Å². The molecule has 110 valence electrons. The van der Waals surface area contributed by atoms with Crippen molar-refractivity contribution in [1.82, 2.24) is 0 Å². The number of benzene rings is 2. The van der Waals surface area contributed by atoms with Crippen molar-refractivity contribution in [1.29, 1.82) is 0 Å². The summed E-state index contributed by atoms with van der Waals surface area (Å²) in [6, 6.07) is 14.0. The molecule has 4 heteroatoms. The van der Waals surface area contributed by atoms with Crippen molar-refractivity contribution >= 4 is 28.7 Å². The van der Waals surface area contributed by atoms with Gasteiger partial charge in [0.2, 0.25) is 0 Å². The molecule has 0 spiro atoms. The van der Waals surface area contributed by atoms with E-state index in [4.69, 9.17) is 17.0 Å². The van der Waals surface area contributed by atoms with E-state index >= 15 is 0 Å². The van der Waals surface area contributed by atoms with Crippen LogP contribution in [0.25, 0.3) is 0 Å². The Balaban J connectivity index is 1.99. The molecule has 0 aliphatic carbocycles. The Morgan fingerprint density at radius 3 is 2.43 bits per heavy atom. The van der Waals surface area contributed by atoms with Gasteiger partial charge in [-0.25, -0.2) is 0 Å². The molecule has 0 heterocycles. The SMILES string of the molecule is CCOc1ccc(NC(=S)Nc2cc(C)ccc2C)cc1. The van der Waals surface area contributed by atoms with Gasteiger partial charge in [0.1, 0.15) is 5.75 Å². The predicted molar refractivity (Wildman–Crippen MR) is 93.4 cm³/mol. The Hall–Kier alpha value is -2.07. The second-order valence-corrected chi connectivity index (χ2v) is 5.26. The summed E-state index contributed by atoms with van der Waals surface area (Å²) in [7, 11) is 0. The highest BCUT2D eigenvalue weighted by molar-refractivity contribution is 7.80. The lowest BCUT2D eigenvalue weighted by Gasteiger charge is -2.13. The molecule has 2 N–H and O–H groups in total. The van der Waals surface area contributed by atoms with E-state index in [1.165, 1.54) is 5.56 Å². The van der Waals surface area contributed by atoms with Gasteiger partial charge in [-0.15, -0.1) is 0 Å². The molecule has 2 rings (SSSR count). The zero-order valence-corrected chi connectivity index (χ0v) is 13.4. The van der Waals surface area contributed by atoms with Crippen LogP contribution in [-0.4, -0.2) is 11.7 Å². The van der Waals surface area contributed by atoms with E-state index in [1.54, 1.807) is 0 Å². The maximum Gasteiger partial charge on any atom is 0.175 e. The lowest BCUT2D eigenvalue weighted by Crippen LogP contribution is -2.19. The quantitative estimate of drug-likeness (QED) is 0.814. The number of aryl methyl sites for hydroxylation is 2. The third-order valence-electron chi connectivity index (χ3n) is 3.06. The van der Waals surface area contributed by atoms with Gasteiger partial charge in [0.05, 0.1) is 6.61 Å². The molecule has 0 aromatic heterocycles. The summed E-state index contributed by atoms with van der Waals surface area (Å²) in [5, 5.41) is 6.98. The molecule has 0 fully saturated rings. The number of hydrogen-bond donors (Lipinski definition) is 2. The van der Waals surface area contributed by atoms with Crippen molar-refractivity contribution in [3.05, 3.63) is 53.6 Å². The van der Waals surface area contributed by atoms with E-state index in [1.807, 2.05) is 31.2 Å². The molecule has 0 aliphatic heterocycles. The molecule has 21 heavy (non-hydrogen) atoms. The van der Waals surface area contributed by atoms with Crippen molar-refractivity contribution in [3.63, 3.8) is 0 Å². The average molecular weight is 300 g/mol. The minimum absolute atomic E-state index is 0.577. The smallest absolute Gasteiger partial charge is 0.175 e. The molecule has 0 aliphatic rings. The normalized spacial score (nSPS) is 10.0. The minimum Gasteiger partial charge on any atom is -0.494 e. The first-order valence-electron chi connectivity index (χ1n) is 6.96. The molecule has 2 aromatic carbocycles. The summed E-state index contributed by atoms with van der Waals surface area (Å²) >= 11 is 5.35. The molecule has 0 unspecified atom stereocenters. The van der Waals surface area contributed by atoms with Crippen LogP contribution in [0.3, 0.4) is 0 Å². The fourth-order valence-electron chi connectivity index (χ4n) is 1.96. The molecular weight excluding hydrogens is 280 g/mol. The fraction of sp³-hybridized carbons (Fsp3) is 0.235. The van der Waals surface area contributed by atoms with Crippen LogP contribution >= 0.6 is 12.2 Å². The van der Waals surface area contributed by atoms with Crippen molar-refractivity contribution in [2.24, 2.45) is 0 Å². The van der Waals surface area contributed by atoms with Crippen molar-refractivity contribution in [2.45, 2.75) is 20.8 Å². The molecule has 0 saturated carbocycles. The minimum atomic E-state index is 0.577. The van der Waals surface area contributed by atoms with Gasteiger partial charge >= 0.3 is 0 Å². The number of anilines is 2. The number of thiocarbonyl (C=S) groups is 1. The molecular formula is C17H20N2OS. The van der Waals surface area contributed by atoms with Crippen LogP contribution in [0, 0.1) is 13.8 Å². The van der Waals surface area contributed by atoms with Crippen LogP contribution < -0.4 is 15.4 Å². The highest BCUT2D eigenvalue weighted by atomic mass is 32.1. The lowest BCUT2D eigenvalue weighted by molar-refractivity contribution is 0.340. The zero-order valence-electron chi connectivity index (χ0n) is 12.6. The molecule has 0 amide bonds. The van der Waals surface area contributed by atoms with E-state index < -0.39 is 0 Å². The molecule has 0 bridgehead atoms. The second-order valence-electron chi connectivity index (χ2n) is 4.85. The summed E-state index contributed by atoms with van der Waals surface area (Å²) in [4.78, 5) is 0. The summed E-state index contributed by atoms with van der Waals surface area (Å²) in [5.41, 5.74) is 4.32. The highest BCUT2D eigenvalue weighted by Gasteiger charge is 2.02. The number of ether oxygens (including phenoxy) is 1. The average Bonchev–Trinajstić information content (AvgIpc) is 2.45. The first kappa shape index (κ1) is 15.3. The standard InChI is InChI=1S/C17H20N2OS/c1-4-20-15-9-7-14(8-10-15)18-17(21)19-16-11-12(2)5-6-13(16)3/h5-11H,4H2,1-3H3,(H2,18,19,21). The number of rotatable bonds is 4. The predicted octanol–water partition coefficient (Wildman–Crippen LogP) is 4.51. The summed E-state index contributed by atoms with van der Waals surface area (Å²) in [6.45, 7) is 6.75. The van der Waals surface area contributed by atoms with Crippen molar-refractivity contribution in [2.75, 3.05) is 17.2 Å². The maximum absolute atomic E-state index is 5.41. The number of hydrogen-bond acceptors (Lipinski definition) is 2. The van der Waals surface area contributed by atoms with E-state index in [0.29, 0.717) is 11.7 Å². The van der Waals surface area contributed by atoms with Gasteiger partial charge in [-0.05, 0) is 74.4 Å². The maximum atomic E-state index is 5.41. The Labute approximate surface area is 131 Å². The van der Waals surface area contributed by atoms with Gasteiger partial charge in [-0.3, -0.25) is 0 Å². The zero-order chi connectivity index (χ0) is 15.2. The summed E-state index contributed by atoms with van der Waals surface area (Å²) in [6.07, 6.45) is 0. The van der Waals surface area contributed by atoms with Gasteiger partial charge in [0, 0.05) is 11.4 Å². The fourth-order valence-corrected chi connectivity index (χ4v) is 2.18. The van der Waals surface area contributed by atoms with E-state index in [2.05, 4.69) is 42.7 Å². The van der Waals surface area contributed by atoms with E-state index in [-0.39, 0.29) is 0 Å². The van der Waals surface area contributed by atoms with Crippen molar-refractivity contribution in [3.8, 4) is 5.75 Å². The molecule has 0 atom stereocenters. The Morgan fingerprint density at radius 2 is 1.76 bits per heavy atom. The van der Waals surface area contributed by atoms with E-state index in [9.17, 15) is 0 Å². The lowest BCUT2D eigenvalue weighted by atomic mass is 10.1. The van der Waals surface area contributed by atoms with Crippen LogP contribution in [0.15, 0.2) is 42.5 Å². The van der Waals surface area contributed by atoms with Crippen LogP contribution in [0.5, 0.6) is 5.75 Å². The van der Waals surface area contributed by atoms with Crippen LogP contribution in [0.2, 0.25) is 0 Å². The van der Waals surface area contributed by atoms with E-state index in [0.717, 1.165) is 22.7 Å². The van der Waals surface area contributed by atoms with Crippen LogP contribution in [0.1, 0.15) is 18.1 Å². The van der Waals surface area contributed by atoms with Gasteiger partial charge in [-0.1, -0.05) is 12.1 Å². The monoisotopic (exact) mass is 300 g/mol. The van der Waals surface area contributed by atoms with Gasteiger partial charge in [0.15, 0.2) is 5.11 Å². The van der Waals surface area contributed by atoms with Crippen LogP contribution in [-0.2, 0) is 0 Å². The van der Waals surface area contributed by atoms with Crippen molar-refractivity contribution < 1.29 is 4.74 Å². The molecule has 3 nitrogen and oxygen atoms in total. The van der Waals surface area contributed by atoms with Gasteiger partial charge in [-0.2, -0.15) is 0 Å². The molecule has 0 saturated heterocycles. The first-order chi connectivity index (χ1) is 10.1. The first-order valence-corrected chi connectivity index (χ1v) is 7.37.